The molecule has 1 aromatic rings. The van der Waals surface area contributed by atoms with E-state index < -0.39 is 0 Å². The van der Waals surface area contributed by atoms with Crippen molar-refractivity contribution in [3.63, 3.8) is 0 Å². The molecule has 0 spiro atoms. The van der Waals surface area contributed by atoms with E-state index >= 15 is 0 Å². The lowest BCUT2D eigenvalue weighted by Gasteiger charge is -1.98. The number of nitrogens with zero attached hydrogens (tertiary/aromatic N) is 3. The molecule has 0 aliphatic rings. The molecular formula is C7H7N3O. The maximum atomic E-state index is 9.10. The van der Waals surface area contributed by atoms with Gasteiger partial charge in [-0.15, -0.1) is 0 Å². The molecule has 56 valence electrons. The molecule has 0 atom stereocenters. The minimum absolute atomic E-state index is 0.149. The van der Waals surface area contributed by atoms with Crippen molar-refractivity contribution >= 4 is 0 Å². The van der Waals surface area contributed by atoms with Gasteiger partial charge in [-0.05, 0) is 13.8 Å². The summed E-state index contributed by atoms with van der Waals surface area (Å²) >= 11 is 0. The van der Waals surface area contributed by atoms with Gasteiger partial charge in [0.15, 0.2) is 0 Å². The fourth-order valence-corrected chi connectivity index (χ4v) is 0.825. The Morgan fingerprint density at radius 1 is 1.36 bits per heavy atom. The van der Waals surface area contributed by atoms with Crippen molar-refractivity contribution in [3.05, 3.63) is 17.1 Å². The van der Waals surface area contributed by atoms with Crippen LogP contribution in [0.15, 0.2) is 0 Å². The van der Waals surface area contributed by atoms with Gasteiger partial charge in [0, 0.05) is 0 Å². The number of nitriles is 1. The lowest BCUT2D eigenvalue weighted by molar-refractivity contribution is 0.447. The summed E-state index contributed by atoms with van der Waals surface area (Å²) in [5.74, 6) is 0.233. The Morgan fingerprint density at radius 3 is 2.45 bits per heavy atom. The topological polar surface area (TPSA) is 69.8 Å². The quantitative estimate of drug-likeness (QED) is 0.588. The number of hydrogen-bond acceptors (Lipinski definition) is 4. The lowest BCUT2D eigenvalue weighted by atomic mass is 10.2. The zero-order chi connectivity index (χ0) is 8.43. The molecule has 0 saturated heterocycles. The van der Waals surface area contributed by atoms with Crippen LogP contribution in [-0.4, -0.2) is 15.1 Å². The van der Waals surface area contributed by atoms with E-state index in [1.807, 2.05) is 6.07 Å². The standard InChI is InChI=1S/C7H7N3O/c1-4-6(3-8)7(11)10-5(2)9-4/h1-2H3,(H,9,10,11). The Kier molecular flexibility index (Phi) is 1.73. The number of aromatic nitrogens is 2. The molecule has 0 aliphatic carbocycles. The van der Waals surface area contributed by atoms with E-state index in [1.54, 1.807) is 13.8 Å². The van der Waals surface area contributed by atoms with Gasteiger partial charge in [0.25, 0.3) is 0 Å². The summed E-state index contributed by atoms with van der Waals surface area (Å²) in [6.07, 6.45) is 0. The lowest BCUT2D eigenvalue weighted by Crippen LogP contribution is -1.95. The van der Waals surface area contributed by atoms with Gasteiger partial charge in [-0.2, -0.15) is 10.2 Å². The summed E-state index contributed by atoms with van der Waals surface area (Å²) in [7, 11) is 0. The average Bonchev–Trinajstić information content (AvgIpc) is 1.85. The van der Waals surface area contributed by atoms with Crippen LogP contribution < -0.4 is 0 Å². The highest BCUT2D eigenvalue weighted by molar-refractivity contribution is 5.40. The smallest absolute Gasteiger partial charge is 0.232 e. The van der Waals surface area contributed by atoms with Crippen molar-refractivity contribution in [2.45, 2.75) is 13.8 Å². The van der Waals surface area contributed by atoms with Gasteiger partial charge in [0.2, 0.25) is 5.88 Å². The van der Waals surface area contributed by atoms with Crippen LogP contribution in [0.4, 0.5) is 0 Å². The van der Waals surface area contributed by atoms with Crippen LogP contribution >= 0.6 is 0 Å². The molecule has 0 radical (unpaired) electrons. The van der Waals surface area contributed by atoms with Gasteiger partial charge >= 0.3 is 0 Å². The molecule has 0 saturated carbocycles. The van der Waals surface area contributed by atoms with Crippen LogP contribution in [0.3, 0.4) is 0 Å². The van der Waals surface area contributed by atoms with E-state index in [4.69, 9.17) is 10.4 Å². The van der Waals surface area contributed by atoms with Crippen molar-refractivity contribution in [1.29, 1.82) is 5.26 Å². The average molecular weight is 149 g/mol. The first kappa shape index (κ1) is 7.48. The fraction of sp³-hybridized carbons (Fsp3) is 0.286. The minimum Gasteiger partial charge on any atom is -0.492 e. The predicted molar refractivity (Wildman–Crippen MR) is 37.9 cm³/mol. The van der Waals surface area contributed by atoms with Crippen LogP contribution in [0.1, 0.15) is 17.1 Å². The van der Waals surface area contributed by atoms with E-state index in [0.29, 0.717) is 11.5 Å². The molecule has 1 heterocycles. The first-order valence-corrected chi connectivity index (χ1v) is 3.09. The molecule has 0 unspecified atom stereocenters. The van der Waals surface area contributed by atoms with Crippen LogP contribution in [-0.2, 0) is 0 Å². The molecule has 1 N–H and O–H groups in total. The third kappa shape index (κ3) is 1.27. The summed E-state index contributed by atoms with van der Waals surface area (Å²) in [6, 6.07) is 1.82. The number of hydrogen-bond donors (Lipinski definition) is 1. The number of aryl methyl sites for hydroxylation is 2. The second kappa shape index (κ2) is 2.54. The second-order valence-electron chi connectivity index (χ2n) is 2.17. The summed E-state index contributed by atoms with van der Waals surface area (Å²) in [5, 5.41) is 17.6. The van der Waals surface area contributed by atoms with Crippen LogP contribution in [0.5, 0.6) is 5.88 Å². The highest BCUT2D eigenvalue weighted by Crippen LogP contribution is 2.14. The molecule has 1 aromatic heterocycles. The highest BCUT2D eigenvalue weighted by Gasteiger charge is 2.06. The number of aromatic hydroxyl groups is 1. The Balaban J connectivity index is 3.40. The Hall–Kier alpha value is -1.63. The third-order valence-electron chi connectivity index (χ3n) is 1.29. The van der Waals surface area contributed by atoms with Crippen molar-refractivity contribution in [2.75, 3.05) is 0 Å². The van der Waals surface area contributed by atoms with Gasteiger partial charge in [-0.3, -0.25) is 0 Å². The first-order chi connectivity index (χ1) is 5.15. The van der Waals surface area contributed by atoms with Crippen LogP contribution in [0, 0.1) is 25.2 Å². The molecule has 4 heteroatoms. The molecule has 0 amide bonds. The monoisotopic (exact) mass is 149 g/mol. The first-order valence-electron chi connectivity index (χ1n) is 3.09. The molecule has 1 rings (SSSR count). The predicted octanol–water partition coefficient (Wildman–Crippen LogP) is 0.671. The van der Waals surface area contributed by atoms with E-state index in [2.05, 4.69) is 9.97 Å². The summed E-state index contributed by atoms with van der Waals surface area (Å²) in [4.78, 5) is 7.54. The van der Waals surface area contributed by atoms with Gasteiger partial charge in [-0.25, -0.2) is 4.98 Å². The Morgan fingerprint density at radius 2 is 2.00 bits per heavy atom. The second-order valence-corrected chi connectivity index (χ2v) is 2.17. The van der Waals surface area contributed by atoms with Crippen molar-refractivity contribution in [1.82, 2.24) is 9.97 Å². The van der Waals surface area contributed by atoms with Gasteiger partial charge in [0.05, 0.1) is 5.69 Å². The van der Waals surface area contributed by atoms with Crippen LogP contribution in [0.2, 0.25) is 0 Å². The summed E-state index contributed by atoms with van der Waals surface area (Å²) in [5.41, 5.74) is 0.660. The molecule has 0 bridgehead atoms. The van der Waals surface area contributed by atoms with Gasteiger partial charge < -0.3 is 5.11 Å². The van der Waals surface area contributed by atoms with Crippen molar-refractivity contribution < 1.29 is 5.11 Å². The largest absolute Gasteiger partial charge is 0.492 e. The minimum atomic E-state index is -0.238. The van der Waals surface area contributed by atoms with E-state index in [9.17, 15) is 0 Å². The van der Waals surface area contributed by atoms with Crippen molar-refractivity contribution in [3.8, 4) is 11.9 Å². The normalized spacial score (nSPS) is 9.18. The van der Waals surface area contributed by atoms with Gasteiger partial charge in [0.1, 0.15) is 17.5 Å². The highest BCUT2D eigenvalue weighted by atomic mass is 16.3. The molecule has 4 nitrogen and oxygen atoms in total. The molecule has 0 aromatic carbocycles. The van der Waals surface area contributed by atoms with E-state index in [-0.39, 0.29) is 11.4 Å². The maximum Gasteiger partial charge on any atom is 0.232 e. The molecule has 0 aliphatic heterocycles. The van der Waals surface area contributed by atoms with Crippen molar-refractivity contribution in [2.24, 2.45) is 0 Å². The number of rotatable bonds is 0. The van der Waals surface area contributed by atoms with E-state index in [1.165, 1.54) is 0 Å². The third-order valence-corrected chi connectivity index (χ3v) is 1.29. The summed E-state index contributed by atoms with van der Waals surface area (Å²) in [6.45, 7) is 3.32. The molecular weight excluding hydrogens is 142 g/mol. The molecule has 11 heavy (non-hydrogen) atoms. The van der Waals surface area contributed by atoms with E-state index in [0.717, 1.165) is 0 Å². The summed E-state index contributed by atoms with van der Waals surface area (Å²) < 4.78 is 0. The van der Waals surface area contributed by atoms with Gasteiger partial charge in [-0.1, -0.05) is 0 Å². The van der Waals surface area contributed by atoms with Crippen LogP contribution in [0.25, 0.3) is 0 Å². The molecule has 0 fully saturated rings. The zero-order valence-electron chi connectivity index (χ0n) is 6.29. The Labute approximate surface area is 64.2 Å². The Bertz CT molecular complexity index is 304. The zero-order valence-corrected chi connectivity index (χ0v) is 6.29. The fourth-order valence-electron chi connectivity index (χ4n) is 0.825. The SMILES string of the molecule is Cc1nc(C)c(C#N)c(O)n1. The maximum absolute atomic E-state index is 9.10.